The molecule has 0 amide bonds. The van der Waals surface area contributed by atoms with Gasteiger partial charge in [-0.1, -0.05) is 113 Å². The largest absolute Gasteiger partial charge is 0.505 e. The molecule has 2 aromatic carbocycles. The van der Waals surface area contributed by atoms with Crippen molar-refractivity contribution in [1.82, 2.24) is 15.0 Å². The van der Waals surface area contributed by atoms with Crippen molar-refractivity contribution in [3.8, 4) is 11.4 Å². The average molecular weight is 496 g/mol. The fourth-order valence-corrected chi connectivity index (χ4v) is 4.87. The number of hydrogen-bond acceptors (Lipinski definition) is 3. The van der Waals surface area contributed by atoms with E-state index in [0.717, 1.165) is 48.9 Å². The summed E-state index contributed by atoms with van der Waals surface area (Å²) in [6.07, 6.45) is 16.6. The topological polar surface area (TPSA) is 50.9 Å². The maximum Gasteiger partial charge on any atom is 0.174 e. The zero-order chi connectivity index (χ0) is 24.9. The molecule has 0 aliphatic rings. The number of phenols is 1. The van der Waals surface area contributed by atoms with Gasteiger partial charge in [0.25, 0.3) is 0 Å². The van der Waals surface area contributed by atoms with E-state index in [4.69, 9.17) is 11.6 Å². The van der Waals surface area contributed by atoms with Crippen LogP contribution in [0, 0.1) is 6.92 Å². The normalized spacial score (nSPS) is 11.3. The average Bonchev–Trinajstić information content (AvgIpc) is 3.23. The highest BCUT2D eigenvalue weighted by molar-refractivity contribution is 6.30. The molecular weight excluding hydrogens is 454 g/mol. The highest BCUT2D eigenvalue weighted by Gasteiger charge is 2.16. The number of nitrogens with zero attached hydrogens (tertiary/aromatic N) is 3. The van der Waals surface area contributed by atoms with Gasteiger partial charge in [-0.25, -0.2) is 0 Å². The van der Waals surface area contributed by atoms with Gasteiger partial charge < -0.3 is 5.11 Å². The molecule has 0 aliphatic carbocycles. The Morgan fingerprint density at radius 1 is 0.771 bits per heavy atom. The Kier molecular flexibility index (Phi) is 11.6. The number of benzene rings is 2. The first-order valence-electron chi connectivity index (χ1n) is 13.6. The van der Waals surface area contributed by atoms with Crippen LogP contribution in [0.5, 0.6) is 5.75 Å². The van der Waals surface area contributed by atoms with E-state index in [2.05, 4.69) is 54.4 Å². The van der Waals surface area contributed by atoms with Gasteiger partial charge in [0.05, 0.1) is 0 Å². The fraction of sp³-hybridized carbons (Fsp3) is 0.533. The molecule has 4 nitrogen and oxygen atoms in total. The lowest BCUT2D eigenvalue weighted by Crippen LogP contribution is -2.03. The van der Waals surface area contributed by atoms with Crippen molar-refractivity contribution >= 4 is 11.6 Å². The summed E-state index contributed by atoms with van der Waals surface area (Å²) in [4.78, 5) is 1.50. The van der Waals surface area contributed by atoms with Crippen molar-refractivity contribution in [3.05, 3.63) is 70.0 Å². The molecule has 0 spiro atoms. The Balaban J connectivity index is 1.50. The predicted molar refractivity (Wildman–Crippen MR) is 147 cm³/mol. The molecule has 0 saturated heterocycles. The zero-order valence-corrected chi connectivity index (χ0v) is 22.4. The van der Waals surface area contributed by atoms with E-state index in [1.807, 2.05) is 12.1 Å². The molecule has 0 fully saturated rings. The van der Waals surface area contributed by atoms with Gasteiger partial charge in [-0.15, -0.1) is 9.90 Å². The maximum atomic E-state index is 11.0. The molecule has 190 valence electrons. The Labute approximate surface area is 216 Å². The van der Waals surface area contributed by atoms with Crippen LogP contribution in [-0.4, -0.2) is 20.1 Å². The number of aryl methyl sites for hydroxylation is 4. The van der Waals surface area contributed by atoms with Crippen molar-refractivity contribution in [3.63, 3.8) is 0 Å². The molecule has 0 bridgehead atoms. The van der Waals surface area contributed by atoms with Gasteiger partial charge in [0.15, 0.2) is 5.15 Å². The minimum Gasteiger partial charge on any atom is -0.505 e. The second-order valence-electron chi connectivity index (χ2n) is 9.79. The Bertz CT molecular complexity index is 1020. The number of phenolic OH excluding ortho intramolecular Hbond substituents is 1. The van der Waals surface area contributed by atoms with Crippen LogP contribution in [0.1, 0.15) is 99.9 Å². The van der Waals surface area contributed by atoms with Gasteiger partial charge in [-0.2, -0.15) is 5.10 Å². The number of unbranched alkanes of at least 4 members (excludes halogenated alkanes) is 9. The SMILES string of the molecule is CCCCCCCCCCCCc1cc(C)cc(-n2nc(Cl)c(CCCc3ccccc3)n2)c1O. The van der Waals surface area contributed by atoms with E-state index in [1.165, 1.54) is 68.1 Å². The van der Waals surface area contributed by atoms with Crippen LogP contribution in [0.15, 0.2) is 42.5 Å². The lowest BCUT2D eigenvalue weighted by atomic mass is 10.0. The van der Waals surface area contributed by atoms with Crippen molar-refractivity contribution in [2.45, 2.75) is 104 Å². The molecule has 0 unspecified atom stereocenters. The van der Waals surface area contributed by atoms with Crippen LogP contribution in [0.3, 0.4) is 0 Å². The molecule has 0 atom stereocenters. The molecule has 0 aliphatic heterocycles. The Hall–Kier alpha value is -2.33. The van der Waals surface area contributed by atoms with Gasteiger partial charge >= 0.3 is 0 Å². The van der Waals surface area contributed by atoms with Gasteiger partial charge in [0, 0.05) is 0 Å². The highest BCUT2D eigenvalue weighted by Crippen LogP contribution is 2.30. The van der Waals surface area contributed by atoms with Gasteiger partial charge in [-0.3, -0.25) is 0 Å². The van der Waals surface area contributed by atoms with Crippen LogP contribution in [-0.2, 0) is 19.3 Å². The van der Waals surface area contributed by atoms with Crippen molar-refractivity contribution < 1.29 is 5.11 Å². The summed E-state index contributed by atoms with van der Waals surface area (Å²) in [5, 5.41) is 20.4. The van der Waals surface area contributed by atoms with E-state index in [1.54, 1.807) is 0 Å². The molecule has 1 aromatic heterocycles. The first-order chi connectivity index (χ1) is 17.1. The standard InChI is InChI=1S/C30H42ClN3O/c1-3-4-5-6-7-8-9-10-11-15-20-26-22-24(2)23-28(29(26)35)34-32-27(30(31)33-34)21-16-19-25-17-13-12-14-18-25/h12-14,17-18,22-23,35H,3-11,15-16,19-21H2,1-2H3. The number of aromatic hydroxyl groups is 1. The van der Waals surface area contributed by atoms with Crippen LogP contribution >= 0.6 is 11.6 Å². The molecule has 0 radical (unpaired) electrons. The van der Waals surface area contributed by atoms with Crippen molar-refractivity contribution in [1.29, 1.82) is 0 Å². The van der Waals surface area contributed by atoms with E-state index < -0.39 is 0 Å². The minimum atomic E-state index is 0.272. The molecule has 3 aromatic rings. The third kappa shape index (κ3) is 9.00. The smallest absolute Gasteiger partial charge is 0.174 e. The summed E-state index contributed by atoms with van der Waals surface area (Å²) in [5.74, 6) is 0.272. The van der Waals surface area contributed by atoms with Crippen molar-refractivity contribution in [2.24, 2.45) is 0 Å². The summed E-state index contributed by atoms with van der Waals surface area (Å²) in [6.45, 7) is 4.32. The van der Waals surface area contributed by atoms with Crippen LogP contribution in [0.2, 0.25) is 5.15 Å². The summed E-state index contributed by atoms with van der Waals surface area (Å²) >= 11 is 6.41. The van der Waals surface area contributed by atoms with Crippen LogP contribution in [0.4, 0.5) is 0 Å². The Morgan fingerprint density at radius 3 is 2.11 bits per heavy atom. The lowest BCUT2D eigenvalue weighted by Gasteiger charge is -2.11. The van der Waals surface area contributed by atoms with Crippen molar-refractivity contribution in [2.75, 3.05) is 0 Å². The third-order valence-electron chi connectivity index (χ3n) is 6.69. The second-order valence-corrected chi connectivity index (χ2v) is 10.1. The second kappa shape index (κ2) is 14.9. The van der Waals surface area contributed by atoms with Crippen LogP contribution in [0.25, 0.3) is 5.69 Å². The number of rotatable bonds is 16. The highest BCUT2D eigenvalue weighted by atomic mass is 35.5. The van der Waals surface area contributed by atoms with E-state index in [-0.39, 0.29) is 5.75 Å². The van der Waals surface area contributed by atoms with Gasteiger partial charge in [0.2, 0.25) is 0 Å². The molecule has 3 rings (SSSR count). The molecule has 1 heterocycles. The lowest BCUT2D eigenvalue weighted by molar-refractivity contribution is 0.457. The maximum absolute atomic E-state index is 11.0. The predicted octanol–water partition coefficient (Wildman–Crippen LogP) is 8.57. The van der Waals surface area contributed by atoms with E-state index in [9.17, 15) is 5.11 Å². The molecule has 35 heavy (non-hydrogen) atoms. The zero-order valence-electron chi connectivity index (χ0n) is 21.6. The molecule has 5 heteroatoms. The Morgan fingerprint density at radius 2 is 1.43 bits per heavy atom. The summed E-state index contributed by atoms with van der Waals surface area (Å²) in [7, 11) is 0. The molecular formula is C30H42ClN3O. The number of aromatic nitrogens is 3. The first kappa shape index (κ1) is 27.3. The van der Waals surface area contributed by atoms with E-state index >= 15 is 0 Å². The monoisotopic (exact) mass is 495 g/mol. The third-order valence-corrected chi connectivity index (χ3v) is 6.98. The number of hydrogen-bond donors (Lipinski definition) is 1. The van der Waals surface area contributed by atoms with E-state index in [0.29, 0.717) is 10.8 Å². The summed E-state index contributed by atoms with van der Waals surface area (Å²) in [6, 6.07) is 14.4. The van der Waals surface area contributed by atoms with Crippen LogP contribution < -0.4 is 0 Å². The fourth-order valence-electron chi connectivity index (χ4n) is 4.66. The molecule has 1 N–H and O–H groups in total. The first-order valence-corrected chi connectivity index (χ1v) is 13.9. The quantitative estimate of drug-likeness (QED) is 0.202. The summed E-state index contributed by atoms with van der Waals surface area (Å²) in [5.41, 5.74) is 4.77. The number of halogens is 1. The van der Waals surface area contributed by atoms with Gasteiger partial charge in [0.1, 0.15) is 17.1 Å². The molecule has 0 saturated carbocycles. The summed E-state index contributed by atoms with van der Waals surface area (Å²) < 4.78 is 0. The minimum absolute atomic E-state index is 0.272. The van der Waals surface area contributed by atoms with Gasteiger partial charge in [-0.05, 0) is 61.8 Å².